The molecule has 2 aliphatic heterocycles. The maximum Gasteiger partial charge on any atom is 0.321 e. The summed E-state index contributed by atoms with van der Waals surface area (Å²) in [4.78, 5) is 4.44. The standard InChI is InChI=1S/C19H19ClN8O2/c1-11-4-12(20)6-14(5-11)30-19-23-18(25-26(19)2)22-15-9-28-16(15)10-27(28)13-7-17(29-3)24-21-8-13/h4-9,16H,10H2,1-3H3,(H,22,25). The molecule has 1 atom stereocenters. The van der Waals surface area contributed by atoms with Gasteiger partial charge in [-0.05, 0) is 30.7 Å². The summed E-state index contributed by atoms with van der Waals surface area (Å²) in [6.45, 7) is 2.77. The number of rotatable bonds is 6. The van der Waals surface area contributed by atoms with Crippen molar-refractivity contribution in [3.05, 3.63) is 52.9 Å². The molecule has 154 valence electrons. The normalized spacial score (nSPS) is 16.9. The second-order valence-electron chi connectivity index (χ2n) is 7.05. The number of aryl methyl sites for hydroxylation is 2. The maximum atomic E-state index is 6.10. The van der Waals surface area contributed by atoms with Gasteiger partial charge in [-0.25, -0.2) is 4.68 Å². The molecule has 3 aromatic rings. The average Bonchev–Trinajstić information content (AvgIpc) is 3.03. The maximum absolute atomic E-state index is 6.10. The van der Waals surface area contributed by atoms with Crippen LogP contribution in [0.1, 0.15) is 5.56 Å². The number of aromatic nitrogens is 5. The van der Waals surface area contributed by atoms with Crippen LogP contribution in [-0.2, 0) is 7.05 Å². The van der Waals surface area contributed by atoms with Crippen molar-refractivity contribution in [2.45, 2.75) is 13.0 Å². The molecule has 10 nitrogen and oxygen atoms in total. The second-order valence-corrected chi connectivity index (χ2v) is 7.49. The van der Waals surface area contributed by atoms with Crippen LogP contribution in [0.5, 0.6) is 17.6 Å². The molecule has 1 saturated heterocycles. The number of hydrogen-bond donors (Lipinski definition) is 1. The van der Waals surface area contributed by atoms with Gasteiger partial charge in [0.2, 0.25) is 11.8 Å². The Morgan fingerprint density at radius 3 is 2.83 bits per heavy atom. The molecule has 11 heteroatoms. The van der Waals surface area contributed by atoms with Crippen LogP contribution >= 0.6 is 11.6 Å². The summed E-state index contributed by atoms with van der Waals surface area (Å²) in [5, 5.41) is 20.3. The van der Waals surface area contributed by atoms with Gasteiger partial charge in [0.25, 0.3) is 0 Å². The van der Waals surface area contributed by atoms with E-state index < -0.39 is 0 Å². The number of methoxy groups -OCH3 is 1. The Balaban J connectivity index is 1.26. The minimum atomic E-state index is 0.243. The van der Waals surface area contributed by atoms with Crippen molar-refractivity contribution < 1.29 is 9.47 Å². The molecule has 1 aromatic carbocycles. The van der Waals surface area contributed by atoms with Gasteiger partial charge in [-0.3, -0.25) is 10.0 Å². The second kappa shape index (κ2) is 7.06. The summed E-state index contributed by atoms with van der Waals surface area (Å²) >= 11 is 6.10. The van der Waals surface area contributed by atoms with E-state index in [1.807, 2.05) is 31.3 Å². The molecule has 0 radical (unpaired) electrons. The highest BCUT2D eigenvalue weighted by Gasteiger charge is 2.45. The number of halogens is 1. The Morgan fingerprint density at radius 1 is 1.23 bits per heavy atom. The Kier molecular flexibility index (Phi) is 4.35. The zero-order chi connectivity index (χ0) is 20.8. The van der Waals surface area contributed by atoms with Crippen LogP contribution in [0.4, 0.5) is 11.6 Å². The number of nitrogens with zero attached hydrogens (tertiary/aromatic N) is 7. The van der Waals surface area contributed by atoms with Crippen LogP contribution in [0.3, 0.4) is 0 Å². The molecular weight excluding hydrogens is 408 g/mol. The summed E-state index contributed by atoms with van der Waals surface area (Å²) in [5.41, 5.74) is 2.97. The fourth-order valence-corrected chi connectivity index (χ4v) is 3.68. The molecule has 0 amide bonds. The van der Waals surface area contributed by atoms with E-state index in [0.717, 1.165) is 23.5 Å². The van der Waals surface area contributed by atoms with E-state index in [2.05, 4.69) is 35.6 Å². The molecular formula is C19H19ClN8O2. The van der Waals surface area contributed by atoms with Crippen molar-refractivity contribution >= 4 is 23.2 Å². The molecule has 30 heavy (non-hydrogen) atoms. The summed E-state index contributed by atoms with van der Waals surface area (Å²) in [7, 11) is 3.35. The Labute approximate surface area is 177 Å². The Bertz CT molecular complexity index is 1130. The molecule has 1 N–H and O–H groups in total. The highest BCUT2D eigenvalue weighted by molar-refractivity contribution is 6.30. The van der Waals surface area contributed by atoms with Crippen molar-refractivity contribution in [2.75, 3.05) is 24.0 Å². The van der Waals surface area contributed by atoms with Gasteiger partial charge in [0.05, 0.1) is 31.2 Å². The first kappa shape index (κ1) is 18.5. The molecule has 0 bridgehead atoms. The monoisotopic (exact) mass is 426 g/mol. The minimum absolute atomic E-state index is 0.243. The number of benzene rings is 1. The molecule has 0 saturated carbocycles. The topological polar surface area (TPSA) is 93.5 Å². The molecule has 4 heterocycles. The first-order valence-corrected chi connectivity index (χ1v) is 9.65. The average molecular weight is 427 g/mol. The van der Waals surface area contributed by atoms with Gasteiger partial charge in [-0.2, -0.15) is 10.1 Å². The largest absolute Gasteiger partial charge is 0.480 e. The van der Waals surface area contributed by atoms with Crippen LogP contribution in [0.2, 0.25) is 5.02 Å². The van der Waals surface area contributed by atoms with Gasteiger partial charge in [0.15, 0.2) is 0 Å². The van der Waals surface area contributed by atoms with E-state index in [1.165, 1.54) is 0 Å². The van der Waals surface area contributed by atoms with Gasteiger partial charge in [0, 0.05) is 24.3 Å². The quantitative estimate of drug-likeness (QED) is 0.638. The Morgan fingerprint density at radius 2 is 2.10 bits per heavy atom. The summed E-state index contributed by atoms with van der Waals surface area (Å²) in [6, 6.07) is 7.98. The zero-order valence-electron chi connectivity index (χ0n) is 16.6. The van der Waals surface area contributed by atoms with Crippen molar-refractivity contribution in [3.8, 4) is 17.6 Å². The molecule has 2 aliphatic rings. The van der Waals surface area contributed by atoms with E-state index in [-0.39, 0.29) is 6.04 Å². The van der Waals surface area contributed by atoms with Gasteiger partial charge in [-0.15, -0.1) is 10.2 Å². The third kappa shape index (κ3) is 3.24. The first-order chi connectivity index (χ1) is 14.5. The summed E-state index contributed by atoms with van der Waals surface area (Å²) in [5.74, 6) is 1.58. The lowest BCUT2D eigenvalue weighted by atomic mass is 10.0. The number of ether oxygens (including phenoxy) is 2. The summed E-state index contributed by atoms with van der Waals surface area (Å²) in [6.07, 6.45) is 3.71. The molecule has 2 aromatic heterocycles. The fraction of sp³-hybridized carbons (Fsp3) is 0.263. The van der Waals surface area contributed by atoms with E-state index in [0.29, 0.717) is 28.6 Å². The van der Waals surface area contributed by atoms with Gasteiger partial charge < -0.3 is 14.8 Å². The van der Waals surface area contributed by atoms with Crippen molar-refractivity contribution in [1.29, 1.82) is 0 Å². The van der Waals surface area contributed by atoms with Crippen LogP contribution in [0.25, 0.3) is 0 Å². The number of nitrogens with one attached hydrogen (secondary N) is 1. The summed E-state index contributed by atoms with van der Waals surface area (Å²) < 4.78 is 12.6. The van der Waals surface area contributed by atoms with Crippen LogP contribution < -0.4 is 19.8 Å². The lowest BCUT2D eigenvalue weighted by molar-refractivity contribution is 0.138. The molecule has 1 unspecified atom stereocenters. The minimum Gasteiger partial charge on any atom is -0.480 e. The third-order valence-corrected chi connectivity index (χ3v) is 5.12. The lowest BCUT2D eigenvalue weighted by Gasteiger charge is -2.57. The van der Waals surface area contributed by atoms with Gasteiger partial charge in [0.1, 0.15) is 11.8 Å². The highest BCUT2D eigenvalue weighted by Crippen LogP contribution is 2.38. The predicted octanol–water partition coefficient (Wildman–Crippen LogP) is 2.74. The van der Waals surface area contributed by atoms with Gasteiger partial charge >= 0.3 is 6.01 Å². The van der Waals surface area contributed by atoms with Gasteiger partial charge in [-0.1, -0.05) is 11.6 Å². The van der Waals surface area contributed by atoms with Crippen molar-refractivity contribution in [2.24, 2.45) is 7.05 Å². The van der Waals surface area contributed by atoms with Crippen molar-refractivity contribution in [1.82, 2.24) is 30.0 Å². The number of fused-ring (bicyclic) bond motifs is 1. The van der Waals surface area contributed by atoms with Crippen LogP contribution in [0.15, 0.2) is 42.4 Å². The number of hydrazine groups is 1. The molecule has 0 spiro atoms. The van der Waals surface area contributed by atoms with Crippen LogP contribution in [-0.4, -0.2) is 49.7 Å². The Hall–Kier alpha value is -3.53. The number of anilines is 2. The lowest BCUT2D eigenvalue weighted by Crippen LogP contribution is -2.69. The molecule has 1 fully saturated rings. The SMILES string of the molecule is COc1cc(N2CC3C(Nc4nc(Oc5cc(C)cc(Cl)c5)n(C)n4)=CN32)cnn1. The first-order valence-electron chi connectivity index (χ1n) is 9.27. The highest BCUT2D eigenvalue weighted by atomic mass is 35.5. The van der Waals surface area contributed by atoms with E-state index in [4.69, 9.17) is 21.1 Å². The smallest absolute Gasteiger partial charge is 0.321 e. The predicted molar refractivity (Wildman–Crippen MR) is 111 cm³/mol. The molecule has 0 aliphatic carbocycles. The van der Waals surface area contributed by atoms with E-state index in [1.54, 1.807) is 31.1 Å². The fourth-order valence-electron chi connectivity index (χ4n) is 3.40. The molecule has 5 rings (SSSR count). The third-order valence-electron chi connectivity index (χ3n) is 4.90. The zero-order valence-corrected chi connectivity index (χ0v) is 17.3. The number of hydrogen-bond acceptors (Lipinski definition) is 9. The van der Waals surface area contributed by atoms with E-state index in [9.17, 15) is 0 Å². The van der Waals surface area contributed by atoms with Crippen molar-refractivity contribution in [3.63, 3.8) is 0 Å². The van der Waals surface area contributed by atoms with Crippen LogP contribution in [0, 0.1) is 6.92 Å². The van der Waals surface area contributed by atoms with E-state index >= 15 is 0 Å².